The van der Waals surface area contributed by atoms with Crippen molar-refractivity contribution in [2.24, 2.45) is 0 Å². The van der Waals surface area contributed by atoms with Gasteiger partial charge in [-0.25, -0.2) is 0 Å². The molecule has 0 fully saturated rings. The van der Waals surface area contributed by atoms with Gasteiger partial charge in [0.1, 0.15) is 18.5 Å². The Morgan fingerprint density at radius 3 is 2.00 bits per heavy atom. The third-order valence-corrected chi connectivity index (χ3v) is 4.30. The number of hydrogen-bond acceptors (Lipinski definition) is 6. The van der Waals surface area contributed by atoms with E-state index in [1.54, 1.807) is 0 Å². The Hall–Kier alpha value is -2.06. The van der Waals surface area contributed by atoms with Gasteiger partial charge in [-0.15, -0.1) is 0 Å². The largest absolute Gasteiger partial charge is 0.374 e. The quantitative estimate of drug-likeness (QED) is 0.408. The van der Waals surface area contributed by atoms with Gasteiger partial charge in [0, 0.05) is 6.42 Å². The molecule has 6 nitrogen and oxygen atoms in total. The van der Waals surface area contributed by atoms with Gasteiger partial charge in [-0.2, -0.15) is 8.42 Å². The summed E-state index contributed by atoms with van der Waals surface area (Å²) < 4.78 is 39.3. The van der Waals surface area contributed by atoms with E-state index in [0.717, 1.165) is 17.4 Å². The molecule has 7 heteroatoms. The minimum absolute atomic E-state index is 0.0288. The van der Waals surface area contributed by atoms with Gasteiger partial charge in [0.25, 0.3) is 10.1 Å². The van der Waals surface area contributed by atoms with Crippen molar-refractivity contribution in [3.05, 3.63) is 71.8 Å². The van der Waals surface area contributed by atoms with Crippen LogP contribution >= 0.6 is 0 Å². The van der Waals surface area contributed by atoms with Gasteiger partial charge >= 0.3 is 0 Å². The Bertz CT molecular complexity index is 777. The van der Waals surface area contributed by atoms with Crippen molar-refractivity contribution in [1.29, 1.82) is 0 Å². The van der Waals surface area contributed by atoms with Gasteiger partial charge in [-0.1, -0.05) is 60.7 Å². The molecule has 0 N–H and O–H groups in total. The molecule has 0 aliphatic rings. The maximum Gasteiger partial charge on any atom is 0.264 e. The Kier molecular flexibility index (Phi) is 8.60. The highest BCUT2D eigenvalue weighted by Crippen LogP contribution is 2.12. The first-order valence-electron chi connectivity index (χ1n) is 8.57. The summed E-state index contributed by atoms with van der Waals surface area (Å²) in [5.74, 6) is 0. The molecule has 2 aromatic rings. The third kappa shape index (κ3) is 8.92. The van der Waals surface area contributed by atoms with E-state index < -0.39 is 22.3 Å². The summed E-state index contributed by atoms with van der Waals surface area (Å²) in [6, 6.07) is 18.9. The Morgan fingerprint density at radius 2 is 1.48 bits per heavy atom. The molecule has 0 heterocycles. The van der Waals surface area contributed by atoms with Crippen LogP contribution < -0.4 is 0 Å². The van der Waals surface area contributed by atoms with E-state index >= 15 is 0 Å². The summed E-state index contributed by atoms with van der Waals surface area (Å²) in [5.41, 5.74) is 1.88. The molecule has 0 radical (unpaired) electrons. The van der Waals surface area contributed by atoms with Crippen LogP contribution in [0.4, 0.5) is 0 Å². The SMILES string of the molecule is CS(=O)(=O)O[C@H](COCc1ccccc1)C[C@@H](C=O)OCc1ccccc1. The smallest absolute Gasteiger partial charge is 0.264 e. The fraction of sp³-hybridized carbons (Fsp3) is 0.350. The summed E-state index contributed by atoms with van der Waals surface area (Å²) in [4.78, 5) is 11.4. The molecule has 2 rings (SSSR count). The minimum atomic E-state index is -3.69. The first kappa shape index (κ1) is 21.2. The van der Waals surface area contributed by atoms with Crippen LogP contribution in [-0.4, -0.2) is 39.8 Å². The van der Waals surface area contributed by atoms with Crippen LogP contribution in [0.25, 0.3) is 0 Å². The standard InChI is InChI=1S/C20H24O6S/c1-27(22,23)26-20(16-24-14-17-8-4-2-5-9-17)12-19(13-21)25-15-18-10-6-3-7-11-18/h2-11,13,19-20H,12,14-16H2,1H3/t19-,20-/m0/s1. The maximum absolute atomic E-state index is 11.5. The molecular weight excluding hydrogens is 368 g/mol. The topological polar surface area (TPSA) is 78.9 Å². The van der Waals surface area contributed by atoms with Crippen LogP contribution in [0.2, 0.25) is 0 Å². The lowest BCUT2D eigenvalue weighted by atomic mass is 10.1. The summed E-state index contributed by atoms with van der Waals surface area (Å²) in [6.07, 6.45) is 0.0986. The molecule has 0 aliphatic heterocycles. The molecule has 0 aromatic heterocycles. The van der Waals surface area contributed by atoms with Crippen LogP contribution in [0.15, 0.2) is 60.7 Å². The molecule has 27 heavy (non-hydrogen) atoms. The number of rotatable bonds is 12. The predicted molar refractivity (Wildman–Crippen MR) is 102 cm³/mol. The van der Waals surface area contributed by atoms with Gasteiger partial charge in [0.2, 0.25) is 0 Å². The van der Waals surface area contributed by atoms with Crippen molar-refractivity contribution in [3.63, 3.8) is 0 Å². The fourth-order valence-corrected chi connectivity index (χ4v) is 3.09. The average molecular weight is 392 g/mol. The number of hydrogen-bond donors (Lipinski definition) is 0. The van der Waals surface area contributed by atoms with Gasteiger partial charge in [0.05, 0.1) is 26.1 Å². The molecule has 146 valence electrons. The van der Waals surface area contributed by atoms with Crippen LogP contribution in [0, 0.1) is 0 Å². The molecule has 0 bridgehead atoms. The lowest BCUT2D eigenvalue weighted by molar-refractivity contribution is -0.121. The van der Waals surface area contributed by atoms with E-state index in [-0.39, 0.29) is 19.6 Å². The predicted octanol–water partition coefficient (Wildman–Crippen LogP) is 2.72. The molecule has 0 unspecified atom stereocenters. The zero-order chi connectivity index (χ0) is 19.5. The number of ether oxygens (including phenoxy) is 2. The number of aldehydes is 1. The van der Waals surface area contributed by atoms with E-state index in [9.17, 15) is 13.2 Å². The lowest BCUT2D eigenvalue weighted by Gasteiger charge is -2.20. The minimum Gasteiger partial charge on any atom is -0.374 e. The monoisotopic (exact) mass is 392 g/mol. The summed E-state index contributed by atoms with van der Waals surface area (Å²) >= 11 is 0. The molecule has 0 spiro atoms. The van der Waals surface area contributed by atoms with Crippen molar-refractivity contribution in [1.82, 2.24) is 0 Å². The first-order chi connectivity index (χ1) is 13.0. The van der Waals surface area contributed by atoms with Crippen LogP contribution in [0.3, 0.4) is 0 Å². The van der Waals surface area contributed by atoms with Gasteiger partial charge in [-0.3, -0.25) is 4.18 Å². The second-order valence-electron chi connectivity index (χ2n) is 6.13. The van der Waals surface area contributed by atoms with Crippen LogP contribution in [0.1, 0.15) is 17.5 Å². The van der Waals surface area contributed by atoms with Crippen molar-refractivity contribution in [3.8, 4) is 0 Å². The highest BCUT2D eigenvalue weighted by molar-refractivity contribution is 7.86. The van der Waals surface area contributed by atoms with Crippen molar-refractivity contribution < 1.29 is 26.9 Å². The van der Waals surface area contributed by atoms with E-state index in [2.05, 4.69) is 0 Å². The molecule has 0 saturated carbocycles. The molecule has 2 atom stereocenters. The molecular formula is C20H24O6S. The van der Waals surface area contributed by atoms with Crippen LogP contribution in [-0.2, 0) is 41.8 Å². The molecule has 2 aromatic carbocycles. The van der Waals surface area contributed by atoms with E-state index in [0.29, 0.717) is 12.9 Å². The summed E-state index contributed by atoms with van der Waals surface area (Å²) in [6.45, 7) is 0.600. The molecule has 0 saturated heterocycles. The highest BCUT2D eigenvalue weighted by Gasteiger charge is 2.22. The van der Waals surface area contributed by atoms with E-state index in [1.807, 2.05) is 60.7 Å². The second kappa shape index (κ2) is 10.9. The first-order valence-corrected chi connectivity index (χ1v) is 10.4. The maximum atomic E-state index is 11.5. The zero-order valence-corrected chi connectivity index (χ0v) is 16.0. The van der Waals surface area contributed by atoms with Crippen LogP contribution in [0.5, 0.6) is 0 Å². The average Bonchev–Trinajstić information content (AvgIpc) is 2.65. The van der Waals surface area contributed by atoms with E-state index in [4.69, 9.17) is 13.7 Å². The van der Waals surface area contributed by atoms with Gasteiger partial charge in [0.15, 0.2) is 0 Å². The Labute approximate surface area is 160 Å². The van der Waals surface area contributed by atoms with Crippen molar-refractivity contribution in [2.75, 3.05) is 12.9 Å². The number of carbonyl (C=O) groups excluding carboxylic acids is 1. The second-order valence-corrected chi connectivity index (χ2v) is 7.73. The summed E-state index contributed by atoms with van der Waals surface area (Å²) in [5, 5.41) is 0. The molecule has 0 amide bonds. The van der Waals surface area contributed by atoms with Gasteiger partial charge in [-0.05, 0) is 11.1 Å². The molecule has 0 aliphatic carbocycles. The van der Waals surface area contributed by atoms with Crippen molar-refractivity contribution in [2.45, 2.75) is 31.8 Å². The lowest BCUT2D eigenvalue weighted by Crippen LogP contribution is -2.30. The third-order valence-electron chi connectivity index (χ3n) is 3.68. The Morgan fingerprint density at radius 1 is 0.926 bits per heavy atom. The number of benzene rings is 2. The fourth-order valence-electron chi connectivity index (χ4n) is 2.46. The van der Waals surface area contributed by atoms with E-state index in [1.165, 1.54) is 0 Å². The van der Waals surface area contributed by atoms with Crippen molar-refractivity contribution >= 4 is 16.4 Å². The van der Waals surface area contributed by atoms with Gasteiger partial charge < -0.3 is 14.3 Å². The number of carbonyl (C=O) groups is 1. The zero-order valence-electron chi connectivity index (χ0n) is 15.2. The summed E-state index contributed by atoms with van der Waals surface area (Å²) in [7, 11) is -3.69. The highest BCUT2D eigenvalue weighted by atomic mass is 32.2. The Balaban J connectivity index is 1.89. The normalized spacial score (nSPS) is 13.8.